The normalized spacial score (nSPS) is 19.4. The van der Waals surface area contributed by atoms with Crippen molar-refractivity contribution >= 4 is 17.3 Å². The summed E-state index contributed by atoms with van der Waals surface area (Å²) < 4.78 is 0. The lowest BCUT2D eigenvalue weighted by Crippen LogP contribution is -2.45. The Kier molecular flexibility index (Phi) is 2.46. The van der Waals surface area contributed by atoms with E-state index in [1.165, 1.54) is 0 Å². The van der Waals surface area contributed by atoms with E-state index < -0.39 is 0 Å². The van der Waals surface area contributed by atoms with E-state index >= 15 is 0 Å². The van der Waals surface area contributed by atoms with E-state index in [2.05, 4.69) is 11.9 Å². The topological polar surface area (TPSA) is 32.3 Å². The first-order valence-electron chi connectivity index (χ1n) is 5.02. The Morgan fingerprint density at radius 3 is 3.00 bits per heavy atom. The predicted molar refractivity (Wildman–Crippen MR) is 62.1 cm³/mol. The lowest BCUT2D eigenvalue weighted by molar-refractivity contribution is -0.119. The van der Waals surface area contributed by atoms with E-state index in [0.29, 0.717) is 6.54 Å². The molecule has 3 heteroatoms. The molecule has 1 amide bonds. The van der Waals surface area contributed by atoms with Crippen molar-refractivity contribution in [1.29, 1.82) is 0 Å². The third-order valence-electron chi connectivity index (χ3n) is 2.51. The lowest BCUT2D eigenvalue weighted by atomic mass is 10.1. The Morgan fingerprint density at radius 2 is 2.27 bits per heavy atom. The Labute approximate surface area is 89.4 Å². The molecule has 0 spiro atoms. The highest BCUT2D eigenvalue weighted by atomic mass is 16.2. The van der Waals surface area contributed by atoms with Gasteiger partial charge in [0.25, 0.3) is 0 Å². The van der Waals surface area contributed by atoms with Crippen LogP contribution in [0.3, 0.4) is 0 Å². The number of para-hydroxylation sites is 2. The molecule has 0 aliphatic carbocycles. The molecule has 1 aliphatic heterocycles. The number of amides is 1. The minimum absolute atomic E-state index is 0.0913. The molecule has 0 radical (unpaired) electrons. The van der Waals surface area contributed by atoms with Gasteiger partial charge < -0.3 is 10.2 Å². The zero-order valence-corrected chi connectivity index (χ0v) is 8.73. The summed E-state index contributed by atoms with van der Waals surface area (Å²) in [7, 11) is 0. The number of carbonyl (C=O) groups excluding carboxylic acids is 1. The van der Waals surface area contributed by atoms with Gasteiger partial charge in [-0.15, -0.1) is 6.58 Å². The molecule has 0 aromatic heterocycles. The Bertz CT molecular complexity index is 400. The summed E-state index contributed by atoms with van der Waals surface area (Å²) in [4.78, 5) is 13.6. The van der Waals surface area contributed by atoms with Crippen molar-refractivity contribution in [3.63, 3.8) is 0 Å². The number of rotatable bonds is 2. The maximum absolute atomic E-state index is 11.9. The summed E-state index contributed by atoms with van der Waals surface area (Å²) in [5.41, 5.74) is 1.94. The van der Waals surface area contributed by atoms with Gasteiger partial charge in [-0.05, 0) is 19.1 Å². The second-order valence-corrected chi connectivity index (χ2v) is 3.62. The van der Waals surface area contributed by atoms with E-state index in [4.69, 9.17) is 0 Å². The Balaban J connectivity index is 2.44. The van der Waals surface area contributed by atoms with Crippen molar-refractivity contribution in [2.75, 3.05) is 16.8 Å². The molecule has 78 valence electrons. The first-order valence-corrected chi connectivity index (χ1v) is 5.02. The first-order chi connectivity index (χ1) is 7.24. The van der Waals surface area contributed by atoms with Gasteiger partial charge in [-0.2, -0.15) is 0 Å². The van der Waals surface area contributed by atoms with Crippen LogP contribution in [0, 0.1) is 0 Å². The van der Waals surface area contributed by atoms with Crippen molar-refractivity contribution in [2.45, 2.75) is 13.0 Å². The predicted octanol–water partition coefficient (Wildman–Crippen LogP) is 2.02. The monoisotopic (exact) mass is 202 g/mol. The quantitative estimate of drug-likeness (QED) is 0.744. The maximum atomic E-state index is 11.9. The molecule has 15 heavy (non-hydrogen) atoms. The molecular weight excluding hydrogens is 188 g/mol. The summed E-state index contributed by atoms with van der Waals surface area (Å²) in [5, 5.41) is 3.17. The van der Waals surface area contributed by atoms with Gasteiger partial charge in [0.1, 0.15) is 6.04 Å². The highest BCUT2D eigenvalue weighted by Crippen LogP contribution is 2.30. The summed E-state index contributed by atoms with van der Waals surface area (Å²) in [5.74, 6) is 0.0913. The van der Waals surface area contributed by atoms with E-state index in [0.717, 1.165) is 11.4 Å². The summed E-state index contributed by atoms with van der Waals surface area (Å²) >= 11 is 0. The molecule has 1 unspecified atom stereocenters. The molecule has 1 aromatic rings. The van der Waals surface area contributed by atoms with E-state index in [9.17, 15) is 4.79 Å². The largest absolute Gasteiger partial charge is 0.372 e. The minimum Gasteiger partial charge on any atom is -0.372 e. The fourth-order valence-electron chi connectivity index (χ4n) is 1.80. The Morgan fingerprint density at radius 1 is 1.53 bits per heavy atom. The van der Waals surface area contributed by atoms with Gasteiger partial charge >= 0.3 is 0 Å². The van der Waals surface area contributed by atoms with E-state index in [1.807, 2.05) is 31.2 Å². The van der Waals surface area contributed by atoms with Crippen LogP contribution in [0.25, 0.3) is 0 Å². The molecule has 0 saturated heterocycles. The maximum Gasteiger partial charge on any atom is 0.249 e. The van der Waals surface area contributed by atoms with Gasteiger partial charge in [-0.3, -0.25) is 4.79 Å². The van der Waals surface area contributed by atoms with Crippen LogP contribution in [0.1, 0.15) is 6.92 Å². The van der Waals surface area contributed by atoms with E-state index in [-0.39, 0.29) is 11.9 Å². The zero-order valence-electron chi connectivity index (χ0n) is 8.73. The summed E-state index contributed by atoms with van der Waals surface area (Å²) in [6.07, 6.45) is 1.74. The highest BCUT2D eigenvalue weighted by Gasteiger charge is 2.27. The first kappa shape index (κ1) is 9.77. The molecule has 2 rings (SSSR count). The smallest absolute Gasteiger partial charge is 0.249 e. The van der Waals surface area contributed by atoms with Crippen LogP contribution in [-0.4, -0.2) is 18.5 Å². The van der Waals surface area contributed by atoms with Crippen LogP contribution in [-0.2, 0) is 4.79 Å². The highest BCUT2D eigenvalue weighted by molar-refractivity contribution is 6.04. The fraction of sp³-hybridized carbons (Fsp3) is 0.250. The number of nitrogens with zero attached hydrogens (tertiary/aromatic N) is 1. The van der Waals surface area contributed by atoms with Crippen LogP contribution in [0.2, 0.25) is 0 Å². The van der Waals surface area contributed by atoms with Gasteiger partial charge in [0.05, 0.1) is 11.4 Å². The van der Waals surface area contributed by atoms with Gasteiger partial charge in [0, 0.05) is 6.54 Å². The third kappa shape index (κ3) is 1.61. The van der Waals surface area contributed by atoms with Gasteiger partial charge in [0.15, 0.2) is 0 Å². The van der Waals surface area contributed by atoms with Crippen LogP contribution >= 0.6 is 0 Å². The van der Waals surface area contributed by atoms with Gasteiger partial charge in [-0.25, -0.2) is 0 Å². The van der Waals surface area contributed by atoms with Gasteiger partial charge in [-0.1, -0.05) is 18.2 Å². The second kappa shape index (κ2) is 3.77. The molecule has 1 N–H and O–H groups in total. The van der Waals surface area contributed by atoms with Crippen molar-refractivity contribution in [3.05, 3.63) is 36.9 Å². The lowest BCUT2D eigenvalue weighted by Gasteiger charge is -2.33. The second-order valence-electron chi connectivity index (χ2n) is 3.62. The zero-order chi connectivity index (χ0) is 10.8. The van der Waals surface area contributed by atoms with Crippen LogP contribution in [0.4, 0.5) is 11.4 Å². The molecule has 0 fully saturated rings. The Hall–Kier alpha value is -1.77. The average Bonchev–Trinajstić information content (AvgIpc) is 2.25. The number of anilines is 2. The molecule has 0 bridgehead atoms. The standard InChI is InChI=1S/C12H14N2O/c1-3-8-14-11-7-5-4-6-10(11)13-9(2)12(14)15/h3-7,9,13H,1,8H2,2H3. The van der Waals surface area contributed by atoms with Crippen LogP contribution in [0.15, 0.2) is 36.9 Å². The van der Waals surface area contributed by atoms with Crippen LogP contribution < -0.4 is 10.2 Å². The van der Waals surface area contributed by atoms with Gasteiger partial charge in [0.2, 0.25) is 5.91 Å². The molecule has 1 aromatic carbocycles. The molecule has 1 aliphatic rings. The number of benzene rings is 1. The van der Waals surface area contributed by atoms with Crippen molar-refractivity contribution in [2.24, 2.45) is 0 Å². The number of hydrogen-bond donors (Lipinski definition) is 1. The number of fused-ring (bicyclic) bond motifs is 1. The van der Waals surface area contributed by atoms with Crippen molar-refractivity contribution in [1.82, 2.24) is 0 Å². The number of carbonyl (C=O) groups is 1. The number of hydrogen-bond acceptors (Lipinski definition) is 2. The third-order valence-corrected chi connectivity index (χ3v) is 2.51. The summed E-state index contributed by atoms with van der Waals surface area (Å²) in [6.45, 7) is 6.10. The van der Waals surface area contributed by atoms with E-state index in [1.54, 1.807) is 11.0 Å². The van der Waals surface area contributed by atoms with Crippen LogP contribution in [0.5, 0.6) is 0 Å². The number of nitrogens with one attached hydrogen (secondary N) is 1. The molecular formula is C12H14N2O. The molecule has 0 saturated carbocycles. The van der Waals surface area contributed by atoms with Crippen molar-refractivity contribution < 1.29 is 4.79 Å². The molecule has 1 atom stereocenters. The molecule has 3 nitrogen and oxygen atoms in total. The SMILES string of the molecule is C=CCN1C(=O)C(C)Nc2ccccc21. The average molecular weight is 202 g/mol. The molecule has 1 heterocycles. The summed E-state index contributed by atoms with van der Waals surface area (Å²) in [6, 6.07) is 7.64. The fourth-order valence-corrected chi connectivity index (χ4v) is 1.80. The minimum atomic E-state index is -0.167. The van der Waals surface area contributed by atoms with Crippen molar-refractivity contribution in [3.8, 4) is 0 Å².